The Morgan fingerprint density at radius 1 is 1.27 bits per heavy atom. The highest BCUT2D eigenvalue weighted by atomic mass is 32.1. The van der Waals surface area contributed by atoms with Gasteiger partial charge in [0.25, 0.3) is 0 Å². The Kier molecular flexibility index (Phi) is 5.04. The van der Waals surface area contributed by atoms with Crippen molar-refractivity contribution in [2.75, 3.05) is 12.4 Å². The molecule has 0 aliphatic heterocycles. The molecule has 0 unspecified atom stereocenters. The van der Waals surface area contributed by atoms with E-state index >= 15 is 0 Å². The van der Waals surface area contributed by atoms with Crippen molar-refractivity contribution < 1.29 is 14.6 Å². The smallest absolute Gasteiger partial charge is 0.335 e. The Balaban J connectivity index is 2.39. The quantitative estimate of drug-likeness (QED) is 0.578. The lowest BCUT2D eigenvalue weighted by Gasteiger charge is -2.05. The van der Waals surface area contributed by atoms with E-state index in [4.69, 9.17) is 9.84 Å². The van der Waals surface area contributed by atoms with Crippen molar-refractivity contribution >= 4 is 18.6 Å². The number of thiol groups is 1. The molecule has 0 bridgehead atoms. The number of hydrogen-bond donors (Lipinski definition) is 2. The third-order valence-corrected chi connectivity index (χ3v) is 2.24. The zero-order valence-electron chi connectivity index (χ0n) is 8.35. The second kappa shape index (κ2) is 6.35. The second-order valence-electron chi connectivity index (χ2n) is 3.11. The number of carboxylic acids is 1. The molecular formula is C11H14O3S. The first kappa shape index (κ1) is 11.9. The van der Waals surface area contributed by atoms with Crippen molar-refractivity contribution in [3.63, 3.8) is 0 Å². The third-order valence-electron chi connectivity index (χ3n) is 1.92. The first-order valence-electron chi connectivity index (χ1n) is 4.81. The van der Waals surface area contributed by atoms with E-state index in [1.54, 1.807) is 12.1 Å². The van der Waals surface area contributed by atoms with Gasteiger partial charge in [-0.3, -0.25) is 0 Å². The van der Waals surface area contributed by atoms with E-state index in [0.717, 1.165) is 18.6 Å². The van der Waals surface area contributed by atoms with Crippen LogP contribution < -0.4 is 4.74 Å². The van der Waals surface area contributed by atoms with Gasteiger partial charge in [-0.25, -0.2) is 4.79 Å². The van der Waals surface area contributed by atoms with E-state index in [1.165, 1.54) is 12.1 Å². The maximum atomic E-state index is 10.6. The summed E-state index contributed by atoms with van der Waals surface area (Å²) in [6.07, 6.45) is 1.99. The molecule has 4 heteroatoms. The molecule has 0 heterocycles. The van der Waals surface area contributed by atoms with E-state index in [0.29, 0.717) is 12.4 Å². The number of carbonyl (C=O) groups is 1. The topological polar surface area (TPSA) is 46.5 Å². The molecule has 0 saturated carbocycles. The number of unbranched alkanes of at least 4 members (excludes halogenated alkanes) is 1. The summed E-state index contributed by atoms with van der Waals surface area (Å²) in [6.45, 7) is 0.646. The van der Waals surface area contributed by atoms with Crippen LogP contribution >= 0.6 is 12.6 Å². The molecule has 0 aromatic heterocycles. The summed E-state index contributed by atoms with van der Waals surface area (Å²) in [5.41, 5.74) is 0.276. The van der Waals surface area contributed by atoms with Gasteiger partial charge in [-0.05, 0) is 42.9 Å². The summed E-state index contributed by atoms with van der Waals surface area (Å²) < 4.78 is 5.42. The maximum Gasteiger partial charge on any atom is 0.335 e. The van der Waals surface area contributed by atoms with Crippen LogP contribution in [0.5, 0.6) is 5.75 Å². The van der Waals surface area contributed by atoms with Gasteiger partial charge < -0.3 is 9.84 Å². The van der Waals surface area contributed by atoms with Crippen LogP contribution in [0.1, 0.15) is 23.2 Å². The molecule has 0 amide bonds. The summed E-state index contributed by atoms with van der Waals surface area (Å²) >= 11 is 4.10. The Morgan fingerprint density at radius 2 is 1.93 bits per heavy atom. The average Bonchev–Trinajstić information content (AvgIpc) is 2.25. The standard InChI is InChI=1S/C11H14O3S/c12-11(13)9-3-5-10(6-4-9)14-7-1-2-8-15/h3-6,15H,1-2,7-8H2,(H,12,13). The molecule has 0 radical (unpaired) electrons. The largest absolute Gasteiger partial charge is 0.494 e. The van der Waals surface area contributed by atoms with Crippen LogP contribution in [0.2, 0.25) is 0 Å². The summed E-state index contributed by atoms with van der Waals surface area (Å²) in [6, 6.07) is 6.42. The van der Waals surface area contributed by atoms with Crippen LogP contribution in [0.4, 0.5) is 0 Å². The fraction of sp³-hybridized carbons (Fsp3) is 0.364. The lowest BCUT2D eigenvalue weighted by Crippen LogP contribution is -1.99. The van der Waals surface area contributed by atoms with Gasteiger partial charge in [0.2, 0.25) is 0 Å². The second-order valence-corrected chi connectivity index (χ2v) is 3.56. The molecule has 15 heavy (non-hydrogen) atoms. The van der Waals surface area contributed by atoms with Crippen molar-refractivity contribution in [3.8, 4) is 5.75 Å². The van der Waals surface area contributed by atoms with Crippen LogP contribution in [0.15, 0.2) is 24.3 Å². The van der Waals surface area contributed by atoms with Crippen LogP contribution in [0.25, 0.3) is 0 Å². The fourth-order valence-electron chi connectivity index (χ4n) is 1.10. The average molecular weight is 226 g/mol. The SMILES string of the molecule is O=C(O)c1ccc(OCCCCS)cc1. The number of rotatable bonds is 6. The minimum Gasteiger partial charge on any atom is -0.494 e. The van der Waals surface area contributed by atoms with Crippen LogP contribution in [0.3, 0.4) is 0 Å². The number of benzene rings is 1. The van der Waals surface area contributed by atoms with E-state index in [1.807, 2.05) is 0 Å². The van der Waals surface area contributed by atoms with E-state index in [9.17, 15) is 4.79 Å². The van der Waals surface area contributed by atoms with Crippen LogP contribution in [-0.2, 0) is 0 Å². The Hall–Kier alpha value is -1.16. The highest BCUT2D eigenvalue weighted by Crippen LogP contribution is 2.12. The van der Waals surface area contributed by atoms with Gasteiger partial charge in [-0.15, -0.1) is 0 Å². The minimum absolute atomic E-state index is 0.276. The molecule has 0 spiro atoms. The lowest BCUT2D eigenvalue weighted by molar-refractivity contribution is 0.0697. The van der Waals surface area contributed by atoms with E-state index in [-0.39, 0.29) is 5.56 Å². The molecule has 0 fully saturated rings. The molecule has 1 aromatic rings. The minimum atomic E-state index is -0.920. The highest BCUT2D eigenvalue weighted by Gasteiger charge is 2.01. The molecule has 1 rings (SSSR count). The molecular weight excluding hydrogens is 212 g/mol. The predicted molar refractivity (Wildman–Crippen MR) is 62.0 cm³/mol. The maximum absolute atomic E-state index is 10.6. The van der Waals surface area contributed by atoms with E-state index in [2.05, 4.69) is 12.6 Å². The van der Waals surface area contributed by atoms with Crippen molar-refractivity contribution in [2.45, 2.75) is 12.8 Å². The molecule has 3 nitrogen and oxygen atoms in total. The summed E-state index contributed by atoms with van der Waals surface area (Å²) in [5.74, 6) is 0.650. The molecule has 1 N–H and O–H groups in total. The number of ether oxygens (including phenoxy) is 1. The van der Waals surface area contributed by atoms with Crippen LogP contribution in [0, 0.1) is 0 Å². The zero-order chi connectivity index (χ0) is 11.1. The Morgan fingerprint density at radius 3 is 2.47 bits per heavy atom. The van der Waals surface area contributed by atoms with Gasteiger partial charge in [0.05, 0.1) is 12.2 Å². The van der Waals surface area contributed by atoms with Crippen molar-refractivity contribution in [2.24, 2.45) is 0 Å². The van der Waals surface area contributed by atoms with Crippen molar-refractivity contribution in [1.29, 1.82) is 0 Å². The normalized spacial score (nSPS) is 9.93. The van der Waals surface area contributed by atoms with Gasteiger partial charge in [0.15, 0.2) is 0 Å². The molecule has 1 aromatic carbocycles. The third kappa shape index (κ3) is 4.25. The zero-order valence-corrected chi connectivity index (χ0v) is 9.24. The molecule has 0 saturated heterocycles. The lowest BCUT2D eigenvalue weighted by atomic mass is 10.2. The van der Waals surface area contributed by atoms with Crippen molar-refractivity contribution in [1.82, 2.24) is 0 Å². The summed E-state index contributed by atoms with van der Waals surface area (Å²) in [4.78, 5) is 10.6. The fourth-order valence-corrected chi connectivity index (χ4v) is 1.32. The first-order chi connectivity index (χ1) is 7.24. The van der Waals surface area contributed by atoms with Gasteiger partial charge >= 0.3 is 5.97 Å². The predicted octanol–water partition coefficient (Wildman–Crippen LogP) is 2.47. The van der Waals surface area contributed by atoms with Gasteiger partial charge in [-0.2, -0.15) is 12.6 Å². The van der Waals surface area contributed by atoms with Crippen molar-refractivity contribution in [3.05, 3.63) is 29.8 Å². The van der Waals surface area contributed by atoms with Gasteiger partial charge in [0, 0.05) is 0 Å². The van der Waals surface area contributed by atoms with Gasteiger partial charge in [-0.1, -0.05) is 0 Å². The first-order valence-corrected chi connectivity index (χ1v) is 5.44. The summed E-state index contributed by atoms with van der Waals surface area (Å²) in [7, 11) is 0. The molecule has 82 valence electrons. The number of hydrogen-bond acceptors (Lipinski definition) is 3. The molecule has 0 atom stereocenters. The summed E-state index contributed by atoms with van der Waals surface area (Å²) in [5, 5.41) is 8.67. The Labute approximate surface area is 94.5 Å². The number of carboxylic acid groups (broad SMARTS) is 1. The molecule has 0 aliphatic rings. The Bertz CT molecular complexity index is 308. The highest BCUT2D eigenvalue weighted by molar-refractivity contribution is 7.80. The monoisotopic (exact) mass is 226 g/mol. The van der Waals surface area contributed by atoms with E-state index < -0.39 is 5.97 Å². The number of aromatic carboxylic acids is 1. The van der Waals surface area contributed by atoms with Gasteiger partial charge in [0.1, 0.15) is 5.75 Å². The molecule has 0 aliphatic carbocycles. The van der Waals surface area contributed by atoms with Crippen LogP contribution in [-0.4, -0.2) is 23.4 Å².